The number of rotatable bonds is 1. The van der Waals surface area contributed by atoms with Crippen molar-refractivity contribution in [2.24, 2.45) is 0 Å². The first-order chi connectivity index (χ1) is 8.81. The molecule has 90 valence electrons. The van der Waals surface area contributed by atoms with Crippen LogP contribution in [0.1, 0.15) is 17.3 Å². The highest BCUT2D eigenvalue weighted by Crippen LogP contribution is 2.33. The number of fused-ring (bicyclic) bond motifs is 2. The van der Waals surface area contributed by atoms with Crippen molar-refractivity contribution in [1.82, 2.24) is 4.98 Å². The van der Waals surface area contributed by atoms with Gasteiger partial charge in [0, 0.05) is 12.7 Å². The molecule has 0 aliphatic carbocycles. The first-order valence-electron chi connectivity index (χ1n) is 5.94. The van der Waals surface area contributed by atoms with E-state index in [0.717, 1.165) is 11.4 Å². The van der Waals surface area contributed by atoms with Gasteiger partial charge in [0.1, 0.15) is 5.82 Å². The van der Waals surface area contributed by atoms with Crippen molar-refractivity contribution in [3.8, 4) is 0 Å². The third kappa shape index (κ3) is 1.54. The number of para-hydroxylation sites is 2. The molecule has 2 heterocycles. The first-order valence-corrected chi connectivity index (χ1v) is 5.94. The largest absolute Gasteiger partial charge is 0.338 e. The summed E-state index contributed by atoms with van der Waals surface area (Å²) < 4.78 is 0. The quantitative estimate of drug-likeness (QED) is 0.832. The number of hydrogen-bond donors (Lipinski definition) is 1. The molecule has 1 amide bonds. The van der Waals surface area contributed by atoms with E-state index in [1.54, 1.807) is 23.2 Å². The van der Waals surface area contributed by atoms with Gasteiger partial charge in [0.25, 0.3) is 5.91 Å². The fourth-order valence-electron chi connectivity index (χ4n) is 2.19. The summed E-state index contributed by atoms with van der Waals surface area (Å²) >= 11 is 0. The molecule has 4 heteroatoms. The summed E-state index contributed by atoms with van der Waals surface area (Å²) in [6.07, 6.45) is 1.68. The van der Waals surface area contributed by atoms with E-state index in [9.17, 15) is 4.79 Å². The molecule has 0 radical (unpaired) electrons. The van der Waals surface area contributed by atoms with Gasteiger partial charge in [-0.3, -0.25) is 4.79 Å². The van der Waals surface area contributed by atoms with E-state index in [1.165, 1.54) is 0 Å². The summed E-state index contributed by atoms with van der Waals surface area (Å²) in [4.78, 5) is 18.5. The number of aromatic nitrogens is 1. The predicted octanol–water partition coefficient (Wildman–Crippen LogP) is 2.81. The maximum atomic E-state index is 12.5. The lowest BCUT2D eigenvalue weighted by Gasteiger charge is -2.20. The lowest BCUT2D eigenvalue weighted by Crippen LogP contribution is -2.29. The van der Waals surface area contributed by atoms with Gasteiger partial charge in [0.15, 0.2) is 0 Å². The van der Waals surface area contributed by atoms with Crippen LogP contribution < -0.4 is 10.2 Å². The highest BCUT2D eigenvalue weighted by molar-refractivity contribution is 6.12. The minimum Gasteiger partial charge on any atom is -0.338 e. The number of pyridine rings is 1. The van der Waals surface area contributed by atoms with Crippen LogP contribution in [-0.2, 0) is 0 Å². The molecule has 0 saturated carbocycles. The van der Waals surface area contributed by atoms with E-state index < -0.39 is 0 Å². The van der Waals surface area contributed by atoms with Crippen LogP contribution in [0.3, 0.4) is 0 Å². The summed E-state index contributed by atoms with van der Waals surface area (Å²) in [5, 5.41) is 3.22. The van der Waals surface area contributed by atoms with Crippen LogP contribution in [0.5, 0.6) is 0 Å². The molecule has 2 aromatic rings. The Bertz CT molecular complexity index is 609. The van der Waals surface area contributed by atoms with Crippen LogP contribution in [0.25, 0.3) is 0 Å². The maximum Gasteiger partial charge on any atom is 0.262 e. The number of carbonyl (C=O) groups is 1. The number of amides is 1. The van der Waals surface area contributed by atoms with Crippen LogP contribution in [0.2, 0.25) is 0 Å². The zero-order chi connectivity index (χ0) is 12.5. The minimum absolute atomic E-state index is 0.0157. The molecule has 3 rings (SSSR count). The van der Waals surface area contributed by atoms with Gasteiger partial charge >= 0.3 is 0 Å². The molecule has 1 aromatic carbocycles. The topological polar surface area (TPSA) is 45.2 Å². The van der Waals surface area contributed by atoms with E-state index >= 15 is 0 Å². The summed E-state index contributed by atoms with van der Waals surface area (Å²) in [5.74, 6) is 0.601. The molecular weight excluding hydrogens is 226 g/mol. The van der Waals surface area contributed by atoms with Crippen LogP contribution in [0.4, 0.5) is 17.2 Å². The third-order valence-corrected chi connectivity index (χ3v) is 3.05. The van der Waals surface area contributed by atoms with Crippen LogP contribution in [0.15, 0.2) is 42.6 Å². The summed E-state index contributed by atoms with van der Waals surface area (Å²) in [7, 11) is 0. The van der Waals surface area contributed by atoms with Crippen molar-refractivity contribution in [3.63, 3.8) is 0 Å². The number of benzene rings is 1. The van der Waals surface area contributed by atoms with Gasteiger partial charge in [-0.1, -0.05) is 12.1 Å². The van der Waals surface area contributed by atoms with Gasteiger partial charge in [-0.15, -0.1) is 0 Å². The SMILES string of the molecule is CCN1C(=O)c2cccnc2Nc2ccccc21. The second-order valence-electron chi connectivity index (χ2n) is 4.09. The standard InChI is InChI=1S/C14H13N3O/c1-2-17-12-8-4-3-7-11(12)16-13-10(14(17)18)6-5-9-15-13/h3-9H,2H2,1H3,(H,15,16). The van der Waals surface area contributed by atoms with Gasteiger partial charge in [0.2, 0.25) is 0 Å². The summed E-state index contributed by atoms with van der Waals surface area (Å²) in [6.45, 7) is 2.60. The van der Waals surface area contributed by atoms with E-state index in [1.807, 2.05) is 31.2 Å². The summed E-state index contributed by atoms with van der Waals surface area (Å²) in [5.41, 5.74) is 2.41. The van der Waals surface area contributed by atoms with Crippen molar-refractivity contribution in [1.29, 1.82) is 0 Å². The van der Waals surface area contributed by atoms with Gasteiger partial charge in [0.05, 0.1) is 16.9 Å². The second kappa shape index (κ2) is 4.14. The minimum atomic E-state index is -0.0157. The molecule has 1 aliphatic rings. The predicted molar refractivity (Wildman–Crippen MR) is 71.3 cm³/mol. The Hall–Kier alpha value is -2.36. The normalized spacial score (nSPS) is 13.4. The molecule has 0 unspecified atom stereocenters. The molecule has 0 spiro atoms. The highest BCUT2D eigenvalue weighted by atomic mass is 16.2. The number of anilines is 3. The van der Waals surface area contributed by atoms with Crippen molar-refractivity contribution in [3.05, 3.63) is 48.2 Å². The van der Waals surface area contributed by atoms with Crippen LogP contribution in [-0.4, -0.2) is 17.4 Å². The molecule has 0 saturated heterocycles. The van der Waals surface area contributed by atoms with Crippen molar-refractivity contribution < 1.29 is 4.79 Å². The molecular formula is C14H13N3O. The Balaban J connectivity index is 2.23. The van der Waals surface area contributed by atoms with Crippen molar-refractivity contribution >= 4 is 23.1 Å². The smallest absolute Gasteiger partial charge is 0.262 e. The fraction of sp³-hybridized carbons (Fsp3) is 0.143. The molecule has 0 bridgehead atoms. The van der Waals surface area contributed by atoms with E-state index in [2.05, 4.69) is 10.3 Å². The first kappa shape index (κ1) is 10.8. The Morgan fingerprint density at radius 1 is 1.22 bits per heavy atom. The molecule has 1 aliphatic heterocycles. The zero-order valence-corrected chi connectivity index (χ0v) is 10.1. The average molecular weight is 239 g/mol. The highest BCUT2D eigenvalue weighted by Gasteiger charge is 2.25. The molecule has 0 atom stereocenters. The zero-order valence-electron chi connectivity index (χ0n) is 10.1. The van der Waals surface area contributed by atoms with Gasteiger partial charge in [-0.2, -0.15) is 0 Å². The molecule has 0 fully saturated rings. The van der Waals surface area contributed by atoms with Gasteiger partial charge in [-0.25, -0.2) is 4.98 Å². The average Bonchev–Trinajstić information content (AvgIpc) is 2.53. The summed E-state index contributed by atoms with van der Waals surface area (Å²) in [6, 6.07) is 11.3. The Morgan fingerprint density at radius 3 is 2.89 bits per heavy atom. The molecule has 1 aromatic heterocycles. The number of nitrogens with one attached hydrogen (secondary N) is 1. The Morgan fingerprint density at radius 2 is 2.06 bits per heavy atom. The van der Waals surface area contributed by atoms with Crippen molar-refractivity contribution in [2.75, 3.05) is 16.8 Å². The number of nitrogens with zero attached hydrogens (tertiary/aromatic N) is 2. The number of hydrogen-bond acceptors (Lipinski definition) is 3. The third-order valence-electron chi connectivity index (χ3n) is 3.05. The van der Waals surface area contributed by atoms with E-state index in [-0.39, 0.29) is 5.91 Å². The van der Waals surface area contributed by atoms with E-state index in [4.69, 9.17) is 0 Å². The Labute approximate surface area is 105 Å². The molecule has 18 heavy (non-hydrogen) atoms. The van der Waals surface area contributed by atoms with E-state index in [0.29, 0.717) is 17.9 Å². The Kier molecular flexibility index (Phi) is 2.48. The fourth-order valence-corrected chi connectivity index (χ4v) is 2.19. The molecule has 1 N–H and O–H groups in total. The van der Waals surface area contributed by atoms with Crippen LogP contribution >= 0.6 is 0 Å². The van der Waals surface area contributed by atoms with Crippen molar-refractivity contribution in [2.45, 2.75) is 6.92 Å². The number of carbonyl (C=O) groups excluding carboxylic acids is 1. The maximum absolute atomic E-state index is 12.5. The van der Waals surface area contributed by atoms with Gasteiger partial charge in [-0.05, 0) is 31.2 Å². The lowest BCUT2D eigenvalue weighted by atomic mass is 10.2. The second-order valence-corrected chi connectivity index (χ2v) is 4.09. The molecule has 4 nitrogen and oxygen atoms in total. The lowest BCUT2D eigenvalue weighted by molar-refractivity contribution is 0.0989. The monoisotopic (exact) mass is 239 g/mol. The van der Waals surface area contributed by atoms with Gasteiger partial charge < -0.3 is 10.2 Å². The van der Waals surface area contributed by atoms with Crippen LogP contribution in [0, 0.1) is 0 Å².